The molecule has 0 bridgehead atoms. The van der Waals surface area contributed by atoms with Crippen LogP contribution in [-0.4, -0.2) is 14.9 Å². The number of nitrogen functional groups attached to an aromatic ring is 1. The number of nitrogens with zero attached hydrogens (tertiary/aromatic N) is 2. The summed E-state index contributed by atoms with van der Waals surface area (Å²) in [7, 11) is 1.79. The smallest absolute Gasteiger partial charge is 0.129 e. The number of hydrogen-bond donors (Lipinski definition) is 2. The quantitative estimate of drug-likeness (QED) is 0.827. The summed E-state index contributed by atoms with van der Waals surface area (Å²) >= 11 is 0. The van der Waals surface area contributed by atoms with E-state index in [4.69, 9.17) is 5.73 Å². The number of aromatic nitrogens is 2. The molecule has 4 nitrogen and oxygen atoms in total. The van der Waals surface area contributed by atoms with Crippen molar-refractivity contribution in [2.45, 2.75) is 33.1 Å². The molecule has 0 radical (unpaired) electrons. The van der Waals surface area contributed by atoms with Gasteiger partial charge in [-0.05, 0) is 23.5 Å². The summed E-state index contributed by atoms with van der Waals surface area (Å²) in [6.07, 6.45) is 1.70. The van der Waals surface area contributed by atoms with Crippen molar-refractivity contribution < 1.29 is 5.11 Å². The molecule has 102 valence electrons. The second-order valence-electron chi connectivity index (χ2n) is 5.97. The first-order valence-corrected chi connectivity index (χ1v) is 6.34. The van der Waals surface area contributed by atoms with Gasteiger partial charge < -0.3 is 10.8 Å². The summed E-state index contributed by atoms with van der Waals surface area (Å²) in [5, 5.41) is 14.7. The van der Waals surface area contributed by atoms with Gasteiger partial charge in [-0.15, -0.1) is 0 Å². The van der Waals surface area contributed by atoms with E-state index < -0.39 is 0 Å². The van der Waals surface area contributed by atoms with E-state index in [2.05, 4.69) is 25.9 Å². The summed E-state index contributed by atoms with van der Waals surface area (Å²) in [5.74, 6) is 0.858. The molecule has 3 N–H and O–H groups in total. The third-order valence-electron chi connectivity index (χ3n) is 3.45. The summed E-state index contributed by atoms with van der Waals surface area (Å²) in [5.41, 5.74) is 9.36. The fraction of sp³-hybridized carbons (Fsp3) is 0.400. The topological polar surface area (TPSA) is 64.1 Å². The zero-order valence-electron chi connectivity index (χ0n) is 12.2. The molecule has 19 heavy (non-hydrogen) atoms. The normalized spacial score (nSPS) is 11.8. The van der Waals surface area contributed by atoms with Gasteiger partial charge in [-0.25, -0.2) is 0 Å². The van der Waals surface area contributed by atoms with Crippen LogP contribution in [0.4, 0.5) is 5.82 Å². The van der Waals surface area contributed by atoms with Crippen LogP contribution < -0.4 is 5.73 Å². The van der Waals surface area contributed by atoms with Crippen molar-refractivity contribution in [1.82, 2.24) is 9.78 Å². The second kappa shape index (κ2) is 4.30. The monoisotopic (exact) mass is 259 g/mol. The van der Waals surface area contributed by atoms with Crippen molar-refractivity contribution in [1.29, 1.82) is 0 Å². The standard InChI is InChI=1S/C15H21N3O/c1-9-6-7-11(15(2,3)4)13(19)12(9)10-8-17-18(5)14(10)16/h6-8,19H,16H2,1-5H3. The van der Waals surface area contributed by atoms with Gasteiger partial charge in [0.15, 0.2) is 0 Å². The third-order valence-corrected chi connectivity index (χ3v) is 3.45. The van der Waals surface area contributed by atoms with E-state index in [9.17, 15) is 5.11 Å². The number of aromatic hydroxyl groups is 1. The molecule has 2 rings (SSSR count). The second-order valence-corrected chi connectivity index (χ2v) is 5.97. The molecule has 0 aliphatic heterocycles. The summed E-state index contributed by atoms with van der Waals surface area (Å²) < 4.78 is 1.61. The van der Waals surface area contributed by atoms with Crippen LogP contribution in [0.15, 0.2) is 18.3 Å². The Morgan fingerprint density at radius 3 is 2.37 bits per heavy atom. The van der Waals surface area contributed by atoms with Gasteiger partial charge in [0.25, 0.3) is 0 Å². The van der Waals surface area contributed by atoms with Gasteiger partial charge in [0.1, 0.15) is 11.6 Å². The van der Waals surface area contributed by atoms with E-state index in [1.807, 2.05) is 19.1 Å². The van der Waals surface area contributed by atoms with Crippen LogP contribution in [0.2, 0.25) is 0 Å². The van der Waals surface area contributed by atoms with Crippen LogP contribution in [0.3, 0.4) is 0 Å². The number of benzene rings is 1. The van der Waals surface area contributed by atoms with Crippen molar-refractivity contribution in [3.8, 4) is 16.9 Å². The molecule has 0 fully saturated rings. The molecule has 2 aromatic rings. The van der Waals surface area contributed by atoms with E-state index in [0.29, 0.717) is 11.6 Å². The van der Waals surface area contributed by atoms with Gasteiger partial charge >= 0.3 is 0 Å². The summed E-state index contributed by atoms with van der Waals surface area (Å²) in [6, 6.07) is 3.99. The lowest BCUT2D eigenvalue weighted by Gasteiger charge is -2.23. The molecule has 0 aliphatic rings. The highest BCUT2D eigenvalue weighted by molar-refractivity contribution is 5.82. The van der Waals surface area contributed by atoms with Crippen molar-refractivity contribution in [3.05, 3.63) is 29.5 Å². The molecule has 1 aromatic heterocycles. The molecule has 0 amide bonds. The number of phenolic OH excluding ortho intramolecular Hbond substituents is 1. The van der Waals surface area contributed by atoms with E-state index in [-0.39, 0.29) is 5.41 Å². The van der Waals surface area contributed by atoms with Crippen LogP contribution in [0.25, 0.3) is 11.1 Å². The summed E-state index contributed by atoms with van der Waals surface area (Å²) in [4.78, 5) is 0. The zero-order chi connectivity index (χ0) is 14.4. The van der Waals surface area contributed by atoms with Crippen molar-refractivity contribution in [2.24, 2.45) is 7.05 Å². The van der Waals surface area contributed by atoms with Gasteiger partial charge in [0.05, 0.1) is 6.20 Å². The molecule has 0 saturated carbocycles. The highest BCUT2D eigenvalue weighted by atomic mass is 16.3. The van der Waals surface area contributed by atoms with Gasteiger partial charge in [0.2, 0.25) is 0 Å². The minimum atomic E-state index is -0.122. The van der Waals surface area contributed by atoms with Crippen molar-refractivity contribution >= 4 is 5.82 Å². The van der Waals surface area contributed by atoms with E-state index in [1.165, 1.54) is 0 Å². The number of rotatable bonds is 1. The number of anilines is 1. The van der Waals surface area contributed by atoms with E-state index in [1.54, 1.807) is 17.9 Å². The van der Waals surface area contributed by atoms with Crippen LogP contribution in [0, 0.1) is 6.92 Å². The molecule has 1 heterocycles. The average molecular weight is 259 g/mol. The fourth-order valence-corrected chi connectivity index (χ4v) is 2.28. The van der Waals surface area contributed by atoms with E-state index in [0.717, 1.165) is 22.3 Å². The van der Waals surface area contributed by atoms with Gasteiger partial charge in [-0.2, -0.15) is 5.10 Å². The van der Waals surface area contributed by atoms with Crippen molar-refractivity contribution in [2.75, 3.05) is 5.73 Å². The first-order chi connectivity index (χ1) is 8.73. The highest BCUT2D eigenvalue weighted by Gasteiger charge is 2.23. The largest absolute Gasteiger partial charge is 0.507 e. The highest BCUT2D eigenvalue weighted by Crippen LogP contribution is 2.41. The number of nitrogens with two attached hydrogens (primary N) is 1. The molecule has 4 heteroatoms. The Balaban J connectivity index is 2.74. The maximum Gasteiger partial charge on any atom is 0.129 e. The van der Waals surface area contributed by atoms with Crippen LogP contribution >= 0.6 is 0 Å². The maximum atomic E-state index is 10.6. The first-order valence-electron chi connectivity index (χ1n) is 6.34. The number of aryl methyl sites for hydroxylation is 2. The first kappa shape index (κ1) is 13.5. The molecule has 0 unspecified atom stereocenters. The lowest BCUT2D eigenvalue weighted by molar-refractivity contribution is 0.448. The molecule has 0 saturated heterocycles. The lowest BCUT2D eigenvalue weighted by atomic mass is 9.83. The van der Waals surface area contributed by atoms with Crippen LogP contribution in [0.5, 0.6) is 5.75 Å². The minimum absolute atomic E-state index is 0.122. The Hall–Kier alpha value is -1.97. The number of hydrogen-bond acceptors (Lipinski definition) is 3. The Labute approximate surface area is 113 Å². The van der Waals surface area contributed by atoms with Gasteiger partial charge in [-0.1, -0.05) is 32.9 Å². The van der Waals surface area contributed by atoms with Crippen LogP contribution in [0.1, 0.15) is 31.9 Å². The lowest BCUT2D eigenvalue weighted by Crippen LogP contribution is -2.12. The maximum absolute atomic E-state index is 10.6. The molecule has 1 aromatic carbocycles. The van der Waals surface area contributed by atoms with Crippen molar-refractivity contribution in [3.63, 3.8) is 0 Å². The van der Waals surface area contributed by atoms with E-state index >= 15 is 0 Å². The number of phenols is 1. The Morgan fingerprint density at radius 2 is 1.89 bits per heavy atom. The average Bonchev–Trinajstić information content (AvgIpc) is 2.59. The molecule has 0 aliphatic carbocycles. The minimum Gasteiger partial charge on any atom is -0.507 e. The van der Waals surface area contributed by atoms with Gasteiger partial charge in [0, 0.05) is 18.2 Å². The molecular formula is C15H21N3O. The van der Waals surface area contributed by atoms with Crippen LogP contribution in [-0.2, 0) is 12.5 Å². The zero-order valence-corrected chi connectivity index (χ0v) is 12.2. The predicted molar refractivity (Wildman–Crippen MR) is 78.2 cm³/mol. The molecular weight excluding hydrogens is 238 g/mol. The fourth-order valence-electron chi connectivity index (χ4n) is 2.28. The summed E-state index contributed by atoms with van der Waals surface area (Å²) in [6.45, 7) is 8.20. The molecule has 0 spiro atoms. The Kier molecular flexibility index (Phi) is 3.04. The molecule has 0 atom stereocenters. The van der Waals surface area contributed by atoms with Gasteiger partial charge in [-0.3, -0.25) is 4.68 Å². The Morgan fingerprint density at radius 1 is 1.26 bits per heavy atom. The SMILES string of the molecule is Cc1ccc(C(C)(C)C)c(O)c1-c1cnn(C)c1N. The Bertz CT molecular complexity index is 621. The third kappa shape index (κ3) is 2.18. The predicted octanol–water partition coefficient (Wildman–Crippen LogP) is 2.98.